The molecule has 0 heterocycles. The molecule has 3 rings (SSSR count). The molecular formula is C21H16O3S. The quantitative estimate of drug-likeness (QED) is 0.324. The molecule has 0 aliphatic heterocycles. The van der Waals surface area contributed by atoms with E-state index in [1.807, 2.05) is 66.7 Å². The first-order chi connectivity index (χ1) is 12.2. The molecule has 0 amide bonds. The van der Waals surface area contributed by atoms with Crippen LogP contribution in [0.25, 0.3) is 0 Å². The predicted molar refractivity (Wildman–Crippen MR) is 99.4 cm³/mol. The number of ether oxygens (including phenoxy) is 2. The van der Waals surface area contributed by atoms with Crippen molar-refractivity contribution in [2.24, 2.45) is 0 Å². The molecule has 0 aromatic heterocycles. The number of rotatable bonds is 6. The average molecular weight is 348 g/mol. The highest BCUT2D eigenvalue weighted by molar-refractivity contribution is 7.99. The molecule has 3 aromatic rings. The molecular weight excluding hydrogens is 332 g/mol. The van der Waals surface area contributed by atoms with Crippen LogP contribution in [0.4, 0.5) is 0 Å². The summed E-state index contributed by atoms with van der Waals surface area (Å²) < 4.78 is 11.1. The third-order valence-corrected chi connectivity index (χ3v) is 4.32. The van der Waals surface area contributed by atoms with Crippen LogP contribution in [0.1, 0.15) is 0 Å². The van der Waals surface area contributed by atoms with Gasteiger partial charge in [-0.15, -0.1) is 0 Å². The molecule has 0 atom stereocenters. The third kappa shape index (κ3) is 4.75. The molecule has 0 spiro atoms. The molecule has 0 aliphatic rings. The van der Waals surface area contributed by atoms with Gasteiger partial charge in [-0.1, -0.05) is 48.7 Å². The van der Waals surface area contributed by atoms with Gasteiger partial charge in [-0.3, -0.25) is 0 Å². The molecule has 0 unspecified atom stereocenters. The highest BCUT2D eigenvalue weighted by Gasteiger charge is 2.07. The fraction of sp³-hybridized carbons (Fsp3) is 0. The van der Waals surface area contributed by atoms with Crippen molar-refractivity contribution in [1.82, 2.24) is 0 Å². The SMILES string of the molecule is C=CC(=O)Oc1ccc(Sc2ccccc2Oc2ccccc2)cc1. The normalized spacial score (nSPS) is 10.1. The largest absolute Gasteiger partial charge is 0.456 e. The molecule has 4 heteroatoms. The van der Waals surface area contributed by atoms with Crippen LogP contribution in [0, 0.1) is 0 Å². The summed E-state index contributed by atoms with van der Waals surface area (Å²) in [4.78, 5) is 13.2. The van der Waals surface area contributed by atoms with Crippen molar-refractivity contribution in [1.29, 1.82) is 0 Å². The van der Waals surface area contributed by atoms with Gasteiger partial charge in [0.2, 0.25) is 0 Å². The number of carbonyl (C=O) groups is 1. The van der Waals surface area contributed by atoms with Gasteiger partial charge in [0.25, 0.3) is 0 Å². The number of benzene rings is 3. The third-order valence-electron chi connectivity index (χ3n) is 3.26. The Morgan fingerprint density at radius 2 is 1.52 bits per heavy atom. The van der Waals surface area contributed by atoms with E-state index in [4.69, 9.17) is 9.47 Å². The summed E-state index contributed by atoms with van der Waals surface area (Å²) in [6.07, 6.45) is 1.14. The molecule has 0 fully saturated rings. The average Bonchev–Trinajstić information content (AvgIpc) is 2.65. The molecule has 0 saturated carbocycles. The van der Waals surface area contributed by atoms with Crippen LogP contribution in [0.2, 0.25) is 0 Å². The fourth-order valence-electron chi connectivity index (χ4n) is 2.09. The number of hydrogen-bond donors (Lipinski definition) is 0. The monoisotopic (exact) mass is 348 g/mol. The summed E-state index contributed by atoms with van der Waals surface area (Å²) in [6.45, 7) is 3.38. The van der Waals surface area contributed by atoms with Gasteiger partial charge < -0.3 is 9.47 Å². The van der Waals surface area contributed by atoms with E-state index >= 15 is 0 Å². The van der Waals surface area contributed by atoms with Gasteiger partial charge in [0.05, 0.1) is 4.90 Å². The standard InChI is InChI=1S/C21H16O3S/c1-2-21(22)24-17-12-14-18(15-13-17)25-20-11-7-6-10-19(20)23-16-8-4-3-5-9-16/h2-15H,1H2. The van der Waals surface area contributed by atoms with E-state index in [-0.39, 0.29) is 0 Å². The zero-order valence-electron chi connectivity index (χ0n) is 13.4. The van der Waals surface area contributed by atoms with Gasteiger partial charge >= 0.3 is 5.97 Å². The predicted octanol–water partition coefficient (Wildman–Crippen LogP) is 5.72. The van der Waals surface area contributed by atoms with Crippen molar-refractivity contribution >= 4 is 17.7 Å². The maximum Gasteiger partial charge on any atom is 0.335 e. The lowest BCUT2D eigenvalue weighted by atomic mass is 10.3. The van der Waals surface area contributed by atoms with E-state index in [9.17, 15) is 4.79 Å². The fourth-order valence-corrected chi connectivity index (χ4v) is 2.98. The lowest BCUT2D eigenvalue weighted by molar-refractivity contribution is -0.128. The molecule has 0 radical (unpaired) electrons. The molecule has 3 aromatic carbocycles. The molecule has 0 saturated heterocycles. The highest BCUT2D eigenvalue weighted by Crippen LogP contribution is 2.37. The van der Waals surface area contributed by atoms with E-state index < -0.39 is 5.97 Å². The van der Waals surface area contributed by atoms with E-state index in [1.54, 1.807) is 23.9 Å². The van der Waals surface area contributed by atoms with E-state index in [0.29, 0.717) is 5.75 Å². The van der Waals surface area contributed by atoms with Gasteiger partial charge in [0.15, 0.2) is 0 Å². The molecule has 124 valence electrons. The first-order valence-corrected chi connectivity index (χ1v) is 8.50. The van der Waals surface area contributed by atoms with Crippen LogP contribution in [0.5, 0.6) is 17.2 Å². The second-order valence-corrected chi connectivity index (χ2v) is 6.18. The van der Waals surface area contributed by atoms with Crippen molar-refractivity contribution < 1.29 is 14.3 Å². The first kappa shape index (κ1) is 16.9. The van der Waals surface area contributed by atoms with Crippen molar-refractivity contribution in [3.8, 4) is 17.2 Å². The van der Waals surface area contributed by atoms with E-state index in [2.05, 4.69) is 6.58 Å². The minimum atomic E-state index is -0.470. The van der Waals surface area contributed by atoms with Crippen LogP contribution in [0.3, 0.4) is 0 Å². The van der Waals surface area contributed by atoms with E-state index in [0.717, 1.165) is 27.4 Å². The van der Waals surface area contributed by atoms with Gasteiger partial charge in [0.1, 0.15) is 17.2 Å². The van der Waals surface area contributed by atoms with Gasteiger partial charge in [-0.25, -0.2) is 4.79 Å². The Balaban J connectivity index is 1.74. The van der Waals surface area contributed by atoms with Crippen LogP contribution in [-0.4, -0.2) is 5.97 Å². The number of para-hydroxylation sites is 2. The molecule has 0 N–H and O–H groups in total. The number of esters is 1. The lowest BCUT2D eigenvalue weighted by Crippen LogP contribution is -2.02. The van der Waals surface area contributed by atoms with Crippen molar-refractivity contribution in [3.05, 3.63) is 91.5 Å². The van der Waals surface area contributed by atoms with Crippen molar-refractivity contribution in [2.45, 2.75) is 9.79 Å². The molecule has 0 bridgehead atoms. The van der Waals surface area contributed by atoms with Crippen LogP contribution >= 0.6 is 11.8 Å². The Bertz CT molecular complexity index is 858. The van der Waals surface area contributed by atoms with Gasteiger partial charge in [-0.05, 0) is 48.5 Å². The van der Waals surface area contributed by atoms with E-state index in [1.165, 1.54) is 0 Å². The summed E-state index contributed by atoms with van der Waals surface area (Å²) in [6, 6.07) is 24.8. The summed E-state index contributed by atoms with van der Waals surface area (Å²) in [5, 5.41) is 0. The van der Waals surface area contributed by atoms with Crippen molar-refractivity contribution in [2.75, 3.05) is 0 Å². The second-order valence-electron chi connectivity index (χ2n) is 5.06. The Hall–Kier alpha value is -2.98. The highest BCUT2D eigenvalue weighted by atomic mass is 32.2. The number of carbonyl (C=O) groups excluding carboxylic acids is 1. The van der Waals surface area contributed by atoms with Crippen LogP contribution in [0.15, 0.2) is 101 Å². The zero-order valence-corrected chi connectivity index (χ0v) is 14.2. The molecule has 3 nitrogen and oxygen atoms in total. The smallest absolute Gasteiger partial charge is 0.335 e. The molecule has 25 heavy (non-hydrogen) atoms. The Kier molecular flexibility index (Phi) is 5.54. The van der Waals surface area contributed by atoms with Gasteiger partial charge in [-0.2, -0.15) is 0 Å². The minimum absolute atomic E-state index is 0.470. The maximum atomic E-state index is 11.2. The minimum Gasteiger partial charge on any atom is -0.456 e. The maximum absolute atomic E-state index is 11.2. The Morgan fingerprint density at radius 3 is 2.24 bits per heavy atom. The molecule has 0 aliphatic carbocycles. The summed E-state index contributed by atoms with van der Waals surface area (Å²) >= 11 is 1.58. The van der Waals surface area contributed by atoms with Crippen LogP contribution in [-0.2, 0) is 4.79 Å². The summed E-state index contributed by atoms with van der Waals surface area (Å²) in [5.41, 5.74) is 0. The Labute approximate surface area is 150 Å². The van der Waals surface area contributed by atoms with Crippen LogP contribution < -0.4 is 9.47 Å². The second kappa shape index (κ2) is 8.22. The lowest BCUT2D eigenvalue weighted by Gasteiger charge is -2.11. The topological polar surface area (TPSA) is 35.5 Å². The zero-order chi connectivity index (χ0) is 17.5. The van der Waals surface area contributed by atoms with Crippen molar-refractivity contribution in [3.63, 3.8) is 0 Å². The first-order valence-electron chi connectivity index (χ1n) is 7.69. The summed E-state index contributed by atoms with van der Waals surface area (Å²) in [7, 11) is 0. The summed E-state index contributed by atoms with van der Waals surface area (Å²) in [5.74, 6) is 1.60. The van der Waals surface area contributed by atoms with Gasteiger partial charge in [0, 0.05) is 11.0 Å². The number of hydrogen-bond acceptors (Lipinski definition) is 4. The Morgan fingerprint density at radius 1 is 0.840 bits per heavy atom.